The largest absolute Gasteiger partial charge is 0.385 e. The summed E-state index contributed by atoms with van der Waals surface area (Å²) in [5, 5.41) is 6.97. The van der Waals surface area contributed by atoms with Gasteiger partial charge in [0.25, 0.3) is 0 Å². The predicted octanol–water partition coefficient (Wildman–Crippen LogP) is 2.57. The van der Waals surface area contributed by atoms with Crippen molar-refractivity contribution < 1.29 is 4.74 Å². The van der Waals surface area contributed by atoms with E-state index in [1.807, 2.05) is 7.05 Å². The van der Waals surface area contributed by atoms with Gasteiger partial charge in [0.1, 0.15) is 0 Å². The minimum atomic E-state index is 0. The van der Waals surface area contributed by atoms with E-state index in [9.17, 15) is 0 Å². The summed E-state index contributed by atoms with van der Waals surface area (Å²) in [6.07, 6.45) is 3.66. The Morgan fingerprint density at radius 3 is 2.54 bits per heavy atom. The molecule has 1 atom stereocenters. The summed E-state index contributed by atoms with van der Waals surface area (Å²) >= 11 is 0. The van der Waals surface area contributed by atoms with Gasteiger partial charge in [-0.25, -0.2) is 0 Å². The van der Waals surface area contributed by atoms with Crippen molar-refractivity contribution in [2.75, 3.05) is 67.1 Å². The Labute approximate surface area is 188 Å². The Bertz CT molecular complexity index is 537. The zero-order valence-corrected chi connectivity index (χ0v) is 20.0. The third-order valence-electron chi connectivity index (χ3n) is 5.13. The minimum Gasteiger partial charge on any atom is -0.385 e. The highest BCUT2D eigenvalue weighted by molar-refractivity contribution is 14.0. The second-order valence-corrected chi connectivity index (χ2v) is 7.20. The molecular weight excluding hydrogens is 465 g/mol. The standard InChI is InChI=1S/C21H37N5O.HI/c1-22-21(23-12-16-25(2)13-9-17-27-3)24-18-20(26-14-7-8-15-26)19-10-5-4-6-11-19;/h4-6,10-11,20H,7-9,12-18H2,1-3H3,(H2,22,23,24);1H. The highest BCUT2D eigenvalue weighted by Gasteiger charge is 2.23. The molecule has 0 spiro atoms. The van der Waals surface area contributed by atoms with Crippen LogP contribution < -0.4 is 10.6 Å². The highest BCUT2D eigenvalue weighted by atomic mass is 127. The molecule has 1 aliphatic heterocycles. The molecule has 1 saturated heterocycles. The van der Waals surface area contributed by atoms with Crippen LogP contribution in [0.25, 0.3) is 0 Å². The summed E-state index contributed by atoms with van der Waals surface area (Å²) in [5.41, 5.74) is 1.38. The van der Waals surface area contributed by atoms with Gasteiger partial charge in [0.05, 0.1) is 6.04 Å². The van der Waals surface area contributed by atoms with Crippen LogP contribution in [0.1, 0.15) is 30.9 Å². The molecular formula is C21H38IN5O. The maximum absolute atomic E-state index is 5.11. The van der Waals surface area contributed by atoms with Gasteiger partial charge in [-0.05, 0) is 45.0 Å². The lowest BCUT2D eigenvalue weighted by Crippen LogP contribution is -2.44. The van der Waals surface area contributed by atoms with E-state index >= 15 is 0 Å². The monoisotopic (exact) mass is 503 g/mol. The van der Waals surface area contributed by atoms with Crippen LogP contribution in [-0.4, -0.2) is 82.8 Å². The van der Waals surface area contributed by atoms with Gasteiger partial charge in [-0.1, -0.05) is 30.3 Å². The van der Waals surface area contributed by atoms with Crippen molar-refractivity contribution in [1.82, 2.24) is 20.4 Å². The first-order valence-electron chi connectivity index (χ1n) is 10.2. The van der Waals surface area contributed by atoms with Crippen molar-refractivity contribution in [2.45, 2.75) is 25.3 Å². The van der Waals surface area contributed by atoms with E-state index in [0.29, 0.717) is 6.04 Å². The Kier molecular flexibility index (Phi) is 13.5. The number of benzene rings is 1. The van der Waals surface area contributed by atoms with Crippen molar-refractivity contribution in [3.05, 3.63) is 35.9 Å². The fraction of sp³-hybridized carbons (Fsp3) is 0.667. The minimum absolute atomic E-state index is 0. The molecule has 0 aliphatic carbocycles. The molecule has 0 saturated carbocycles. The fourth-order valence-electron chi connectivity index (χ4n) is 3.56. The first kappa shape index (κ1) is 25.1. The molecule has 160 valence electrons. The van der Waals surface area contributed by atoms with Gasteiger partial charge in [-0.15, -0.1) is 24.0 Å². The molecule has 0 amide bonds. The first-order valence-corrected chi connectivity index (χ1v) is 10.2. The van der Waals surface area contributed by atoms with Crippen molar-refractivity contribution >= 4 is 29.9 Å². The van der Waals surface area contributed by atoms with Crippen LogP contribution in [0.5, 0.6) is 0 Å². The van der Waals surface area contributed by atoms with E-state index in [1.165, 1.54) is 31.5 Å². The van der Waals surface area contributed by atoms with Gasteiger partial charge in [0, 0.05) is 46.9 Å². The molecule has 2 rings (SSSR count). The lowest BCUT2D eigenvalue weighted by molar-refractivity contribution is 0.180. The fourth-order valence-corrected chi connectivity index (χ4v) is 3.56. The Morgan fingerprint density at radius 2 is 1.89 bits per heavy atom. The highest BCUT2D eigenvalue weighted by Crippen LogP contribution is 2.24. The van der Waals surface area contributed by atoms with E-state index in [0.717, 1.165) is 45.2 Å². The number of nitrogens with zero attached hydrogens (tertiary/aromatic N) is 3. The number of likely N-dealkylation sites (N-methyl/N-ethyl adjacent to an activating group) is 1. The Balaban J connectivity index is 0.00000392. The smallest absolute Gasteiger partial charge is 0.191 e. The number of likely N-dealkylation sites (tertiary alicyclic amines) is 1. The van der Waals surface area contributed by atoms with Crippen LogP contribution in [0.15, 0.2) is 35.3 Å². The molecule has 0 aromatic heterocycles. The quantitative estimate of drug-likeness (QED) is 0.211. The van der Waals surface area contributed by atoms with Gasteiger partial charge in [-0.2, -0.15) is 0 Å². The van der Waals surface area contributed by atoms with Crippen LogP contribution in [0.3, 0.4) is 0 Å². The topological polar surface area (TPSA) is 52.1 Å². The Morgan fingerprint density at radius 1 is 1.18 bits per heavy atom. The average molecular weight is 503 g/mol. The molecule has 1 aromatic carbocycles. The van der Waals surface area contributed by atoms with E-state index in [-0.39, 0.29) is 24.0 Å². The van der Waals surface area contributed by atoms with Gasteiger partial charge in [0.15, 0.2) is 5.96 Å². The average Bonchev–Trinajstić information content (AvgIpc) is 3.22. The zero-order valence-electron chi connectivity index (χ0n) is 17.7. The third-order valence-corrected chi connectivity index (χ3v) is 5.13. The zero-order chi connectivity index (χ0) is 19.3. The Hall–Kier alpha value is -0.900. The summed E-state index contributed by atoms with van der Waals surface area (Å²) < 4.78 is 5.11. The molecule has 6 nitrogen and oxygen atoms in total. The number of methoxy groups -OCH3 is 1. The second kappa shape index (κ2) is 15.0. The van der Waals surface area contributed by atoms with Gasteiger partial charge >= 0.3 is 0 Å². The number of hydrogen-bond donors (Lipinski definition) is 2. The molecule has 1 unspecified atom stereocenters. The molecule has 1 aliphatic rings. The number of aliphatic imine (C=N–C) groups is 1. The van der Waals surface area contributed by atoms with E-state index in [1.54, 1.807) is 7.11 Å². The van der Waals surface area contributed by atoms with E-state index in [2.05, 4.69) is 62.8 Å². The molecule has 7 heteroatoms. The maximum atomic E-state index is 5.11. The van der Waals surface area contributed by atoms with E-state index < -0.39 is 0 Å². The van der Waals surface area contributed by atoms with Crippen molar-refractivity contribution in [3.63, 3.8) is 0 Å². The lowest BCUT2D eigenvalue weighted by atomic mass is 10.1. The summed E-state index contributed by atoms with van der Waals surface area (Å²) in [6, 6.07) is 11.2. The van der Waals surface area contributed by atoms with Crippen molar-refractivity contribution in [3.8, 4) is 0 Å². The predicted molar refractivity (Wildman–Crippen MR) is 129 cm³/mol. The molecule has 1 heterocycles. The SMILES string of the molecule is CN=C(NCCN(C)CCCOC)NCC(c1ccccc1)N1CCCC1.I. The second-order valence-electron chi connectivity index (χ2n) is 7.20. The van der Waals surface area contributed by atoms with Gasteiger partial charge in [0.2, 0.25) is 0 Å². The number of halogens is 1. The van der Waals surface area contributed by atoms with Crippen molar-refractivity contribution in [2.24, 2.45) is 4.99 Å². The molecule has 28 heavy (non-hydrogen) atoms. The van der Waals surface area contributed by atoms with Gasteiger partial charge < -0.3 is 20.3 Å². The molecule has 1 aromatic rings. The number of hydrogen-bond acceptors (Lipinski definition) is 4. The molecule has 0 bridgehead atoms. The molecule has 1 fully saturated rings. The molecule has 2 N–H and O–H groups in total. The lowest BCUT2D eigenvalue weighted by Gasteiger charge is -2.29. The van der Waals surface area contributed by atoms with Gasteiger partial charge in [-0.3, -0.25) is 9.89 Å². The third kappa shape index (κ3) is 9.07. The number of rotatable bonds is 11. The summed E-state index contributed by atoms with van der Waals surface area (Å²) in [6.45, 7) is 6.96. The number of nitrogens with one attached hydrogen (secondary N) is 2. The van der Waals surface area contributed by atoms with Crippen LogP contribution in [0, 0.1) is 0 Å². The number of ether oxygens (including phenoxy) is 1. The summed E-state index contributed by atoms with van der Waals surface area (Å²) in [7, 11) is 5.74. The normalized spacial score (nSPS) is 16.1. The van der Waals surface area contributed by atoms with Crippen molar-refractivity contribution in [1.29, 1.82) is 0 Å². The van der Waals surface area contributed by atoms with Crippen LogP contribution in [-0.2, 0) is 4.74 Å². The summed E-state index contributed by atoms with van der Waals surface area (Å²) in [5.74, 6) is 0.875. The van der Waals surface area contributed by atoms with Crippen LogP contribution >= 0.6 is 24.0 Å². The first-order chi connectivity index (χ1) is 13.2. The molecule has 0 radical (unpaired) electrons. The van der Waals surface area contributed by atoms with E-state index in [4.69, 9.17) is 4.74 Å². The maximum Gasteiger partial charge on any atom is 0.191 e. The van der Waals surface area contributed by atoms with Crippen LogP contribution in [0.4, 0.5) is 0 Å². The number of guanidine groups is 1. The van der Waals surface area contributed by atoms with Crippen LogP contribution in [0.2, 0.25) is 0 Å². The summed E-state index contributed by atoms with van der Waals surface area (Å²) in [4.78, 5) is 9.29.